The van der Waals surface area contributed by atoms with Crippen LogP contribution in [0.1, 0.15) is 13.8 Å². The van der Waals surface area contributed by atoms with Gasteiger partial charge in [-0.25, -0.2) is 4.98 Å². The van der Waals surface area contributed by atoms with E-state index in [1.54, 1.807) is 13.3 Å². The molecular formula is C10H17ClN4O. The molecule has 90 valence electrons. The minimum Gasteiger partial charge on any atom is -0.383 e. The summed E-state index contributed by atoms with van der Waals surface area (Å²) in [6.45, 7) is 5.35. The van der Waals surface area contributed by atoms with Crippen LogP contribution in [0.15, 0.2) is 6.20 Å². The first-order valence-corrected chi connectivity index (χ1v) is 5.57. The molecule has 0 spiro atoms. The van der Waals surface area contributed by atoms with E-state index in [2.05, 4.69) is 20.6 Å². The molecule has 1 atom stereocenters. The molecule has 0 amide bonds. The fraction of sp³-hybridized carbons (Fsp3) is 0.600. The first kappa shape index (κ1) is 13.0. The second-order valence-electron chi connectivity index (χ2n) is 3.42. The Balaban J connectivity index is 2.73. The van der Waals surface area contributed by atoms with Gasteiger partial charge in [-0.2, -0.15) is 4.98 Å². The molecule has 0 bridgehead atoms. The van der Waals surface area contributed by atoms with Gasteiger partial charge >= 0.3 is 0 Å². The summed E-state index contributed by atoms with van der Waals surface area (Å²) < 4.78 is 5.03. The maximum Gasteiger partial charge on any atom is 0.224 e. The van der Waals surface area contributed by atoms with Crippen molar-refractivity contribution in [3.05, 3.63) is 11.2 Å². The Morgan fingerprint density at radius 1 is 1.56 bits per heavy atom. The fourth-order valence-corrected chi connectivity index (χ4v) is 1.38. The fourth-order valence-electron chi connectivity index (χ4n) is 1.24. The zero-order valence-electron chi connectivity index (χ0n) is 9.75. The highest BCUT2D eigenvalue weighted by molar-refractivity contribution is 6.32. The third kappa shape index (κ3) is 3.83. The van der Waals surface area contributed by atoms with Crippen molar-refractivity contribution in [2.45, 2.75) is 19.9 Å². The molecule has 0 aliphatic carbocycles. The number of anilines is 2. The molecule has 1 aromatic heterocycles. The number of methoxy groups -OCH3 is 1. The van der Waals surface area contributed by atoms with E-state index in [1.165, 1.54) is 0 Å². The van der Waals surface area contributed by atoms with Gasteiger partial charge < -0.3 is 15.4 Å². The maximum atomic E-state index is 5.98. The minimum absolute atomic E-state index is 0.145. The quantitative estimate of drug-likeness (QED) is 0.802. The topological polar surface area (TPSA) is 59.1 Å². The molecule has 0 saturated carbocycles. The van der Waals surface area contributed by atoms with Crippen molar-refractivity contribution in [3.8, 4) is 0 Å². The SMILES string of the molecule is CCNc1ncc(Cl)c(NC(C)COC)n1. The summed E-state index contributed by atoms with van der Waals surface area (Å²) in [6.07, 6.45) is 1.58. The Hall–Kier alpha value is -1.07. The monoisotopic (exact) mass is 244 g/mol. The van der Waals surface area contributed by atoms with Crippen LogP contribution in [0.4, 0.5) is 11.8 Å². The highest BCUT2D eigenvalue weighted by Crippen LogP contribution is 2.19. The van der Waals surface area contributed by atoms with Gasteiger partial charge in [0.25, 0.3) is 0 Å². The molecule has 0 aliphatic rings. The number of hydrogen-bond acceptors (Lipinski definition) is 5. The Labute approximate surface area is 101 Å². The lowest BCUT2D eigenvalue weighted by Crippen LogP contribution is -2.22. The maximum absolute atomic E-state index is 5.98. The Morgan fingerprint density at radius 2 is 2.31 bits per heavy atom. The van der Waals surface area contributed by atoms with Crippen LogP contribution in [0.25, 0.3) is 0 Å². The predicted octanol–water partition coefficient (Wildman–Crippen LogP) is 2.01. The molecule has 6 heteroatoms. The largest absolute Gasteiger partial charge is 0.383 e. The van der Waals surface area contributed by atoms with Crippen LogP contribution in [0.2, 0.25) is 5.02 Å². The van der Waals surface area contributed by atoms with Crippen LogP contribution in [0, 0.1) is 0 Å². The third-order valence-electron chi connectivity index (χ3n) is 1.88. The second kappa shape index (κ2) is 6.50. The molecule has 0 aromatic carbocycles. The van der Waals surface area contributed by atoms with Gasteiger partial charge in [-0.1, -0.05) is 11.6 Å². The van der Waals surface area contributed by atoms with E-state index in [0.29, 0.717) is 23.4 Å². The van der Waals surface area contributed by atoms with Crippen molar-refractivity contribution in [2.24, 2.45) is 0 Å². The first-order valence-electron chi connectivity index (χ1n) is 5.19. The van der Waals surface area contributed by atoms with Gasteiger partial charge in [-0.15, -0.1) is 0 Å². The van der Waals surface area contributed by atoms with Crippen molar-refractivity contribution in [3.63, 3.8) is 0 Å². The van der Waals surface area contributed by atoms with E-state index in [4.69, 9.17) is 16.3 Å². The molecule has 0 fully saturated rings. The van der Waals surface area contributed by atoms with Gasteiger partial charge in [0.2, 0.25) is 5.95 Å². The van der Waals surface area contributed by atoms with Crippen LogP contribution in [-0.2, 0) is 4.74 Å². The van der Waals surface area contributed by atoms with Crippen molar-refractivity contribution >= 4 is 23.4 Å². The lowest BCUT2D eigenvalue weighted by Gasteiger charge is -2.14. The van der Waals surface area contributed by atoms with Gasteiger partial charge in [0.05, 0.1) is 12.8 Å². The number of hydrogen-bond donors (Lipinski definition) is 2. The second-order valence-corrected chi connectivity index (χ2v) is 3.83. The summed E-state index contributed by atoms with van der Waals surface area (Å²) >= 11 is 5.98. The zero-order chi connectivity index (χ0) is 12.0. The first-order chi connectivity index (χ1) is 7.67. The smallest absolute Gasteiger partial charge is 0.224 e. The summed E-state index contributed by atoms with van der Waals surface area (Å²) in [4.78, 5) is 8.32. The molecule has 1 rings (SSSR count). The van der Waals surface area contributed by atoms with Crippen LogP contribution in [-0.4, -0.2) is 36.3 Å². The lowest BCUT2D eigenvalue weighted by atomic mass is 10.3. The zero-order valence-corrected chi connectivity index (χ0v) is 10.5. The van der Waals surface area contributed by atoms with E-state index in [1.807, 2.05) is 13.8 Å². The molecular weight excluding hydrogens is 228 g/mol. The normalized spacial score (nSPS) is 12.2. The van der Waals surface area contributed by atoms with E-state index in [9.17, 15) is 0 Å². The molecule has 0 aliphatic heterocycles. The molecule has 1 unspecified atom stereocenters. The number of nitrogens with zero attached hydrogens (tertiary/aromatic N) is 2. The minimum atomic E-state index is 0.145. The Kier molecular flexibility index (Phi) is 5.28. The molecule has 1 aromatic rings. The molecule has 16 heavy (non-hydrogen) atoms. The van der Waals surface area contributed by atoms with Crippen LogP contribution in [0.5, 0.6) is 0 Å². The van der Waals surface area contributed by atoms with Gasteiger partial charge in [-0.3, -0.25) is 0 Å². The number of ether oxygens (including phenoxy) is 1. The highest BCUT2D eigenvalue weighted by atomic mass is 35.5. The summed E-state index contributed by atoms with van der Waals surface area (Å²) in [5.41, 5.74) is 0. The lowest BCUT2D eigenvalue weighted by molar-refractivity contribution is 0.190. The van der Waals surface area contributed by atoms with Crippen molar-refractivity contribution in [1.29, 1.82) is 0 Å². The third-order valence-corrected chi connectivity index (χ3v) is 2.16. The number of nitrogens with one attached hydrogen (secondary N) is 2. The van der Waals surface area contributed by atoms with Gasteiger partial charge in [-0.05, 0) is 13.8 Å². The van der Waals surface area contributed by atoms with Crippen LogP contribution >= 0.6 is 11.6 Å². The van der Waals surface area contributed by atoms with E-state index < -0.39 is 0 Å². The highest BCUT2D eigenvalue weighted by Gasteiger charge is 2.08. The van der Waals surface area contributed by atoms with Crippen molar-refractivity contribution in [1.82, 2.24) is 9.97 Å². The number of aromatic nitrogens is 2. The summed E-state index contributed by atoms with van der Waals surface area (Å²) in [7, 11) is 1.66. The van der Waals surface area contributed by atoms with E-state index in [0.717, 1.165) is 6.54 Å². The number of halogens is 1. The average Bonchev–Trinajstić information content (AvgIpc) is 2.24. The van der Waals surface area contributed by atoms with Gasteiger partial charge in [0.1, 0.15) is 5.02 Å². The molecule has 0 saturated heterocycles. The van der Waals surface area contributed by atoms with Gasteiger partial charge in [0, 0.05) is 19.7 Å². The molecule has 1 heterocycles. The van der Waals surface area contributed by atoms with Gasteiger partial charge in [0.15, 0.2) is 5.82 Å². The summed E-state index contributed by atoms with van der Waals surface area (Å²) in [6, 6.07) is 0.145. The Morgan fingerprint density at radius 3 is 2.94 bits per heavy atom. The number of rotatable bonds is 6. The van der Waals surface area contributed by atoms with Crippen LogP contribution < -0.4 is 10.6 Å². The Bertz CT molecular complexity index is 335. The summed E-state index contributed by atoms with van der Waals surface area (Å²) in [5.74, 6) is 1.19. The predicted molar refractivity (Wildman–Crippen MR) is 66.2 cm³/mol. The standard InChI is InChI=1S/C10H17ClN4O/c1-4-12-10-13-5-8(11)9(15-10)14-7(2)6-16-3/h5,7H,4,6H2,1-3H3,(H2,12,13,14,15). The molecule has 5 nitrogen and oxygen atoms in total. The van der Waals surface area contributed by atoms with Crippen molar-refractivity contribution in [2.75, 3.05) is 30.9 Å². The summed E-state index contributed by atoms with van der Waals surface area (Å²) in [5, 5.41) is 6.69. The van der Waals surface area contributed by atoms with E-state index >= 15 is 0 Å². The average molecular weight is 245 g/mol. The molecule has 0 radical (unpaired) electrons. The molecule has 2 N–H and O–H groups in total. The van der Waals surface area contributed by atoms with Crippen molar-refractivity contribution < 1.29 is 4.74 Å². The van der Waals surface area contributed by atoms with E-state index in [-0.39, 0.29) is 6.04 Å². The van der Waals surface area contributed by atoms with Crippen LogP contribution in [0.3, 0.4) is 0 Å².